The number of nitrogens with one attached hydrogen (secondary N) is 2. The zero-order chi connectivity index (χ0) is 74.7. The van der Waals surface area contributed by atoms with Gasteiger partial charge >= 0.3 is 18.5 Å². The third-order valence-corrected chi connectivity index (χ3v) is 23.6. The van der Waals surface area contributed by atoms with E-state index in [9.17, 15) is 67.1 Å². The Morgan fingerprint density at radius 3 is 1.64 bits per heavy atom. The van der Waals surface area contributed by atoms with Crippen LogP contribution in [0.4, 0.5) is 39.5 Å². The molecule has 7 aromatic rings. The molecule has 1 saturated carbocycles. The van der Waals surface area contributed by atoms with Crippen molar-refractivity contribution in [3.05, 3.63) is 199 Å². The summed E-state index contributed by atoms with van der Waals surface area (Å²) in [6, 6.07) is 34.4. The number of carbonyl (C=O) groups is 4. The van der Waals surface area contributed by atoms with E-state index < -0.39 is 63.2 Å². The summed E-state index contributed by atoms with van der Waals surface area (Å²) < 4.78 is 160. The highest BCUT2D eigenvalue weighted by atomic mass is 35.5. The summed E-state index contributed by atoms with van der Waals surface area (Å²) in [6.07, 6.45) is -8.29. The quantitative estimate of drug-likeness (QED) is 0.0879. The summed E-state index contributed by atoms with van der Waals surface area (Å²) >= 11 is 12.6. The number of likely N-dealkylation sites (N-methyl/N-ethyl adjacent to an activating group) is 2. The minimum absolute atomic E-state index is 0. The highest BCUT2D eigenvalue weighted by Crippen LogP contribution is 2.49. The maximum Gasteiger partial charge on any atom is 0.431 e. The number of ketones is 1. The fourth-order valence-corrected chi connectivity index (χ4v) is 17.6. The molecule has 1 aliphatic carbocycles. The minimum atomic E-state index is -4.51. The lowest BCUT2D eigenvalue weighted by atomic mass is 9.80. The van der Waals surface area contributed by atoms with Crippen molar-refractivity contribution >= 4 is 56.7 Å². The number of aromatic nitrogens is 3. The molecule has 3 spiro atoms. The van der Waals surface area contributed by atoms with Gasteiger partial charge in [-0.05, 0) is 170 Å². The van der Waals surface area contributed by atoms with Crippen LogP contribution in [0.15, 0.2) is 132 Å². The number of carbonyl (C=O) groups excluding carboxylic acids is 4. The zero-order valence-electron chi connectivity index (χ0n) is 58.0. The standard InChI is InChI=1S/C27H28ClN3O3.C24H29F3N4O3S.C23H24ClF6N3O2.2H2/c1-29-16-17-31-22(25(32)19-6-4-3-5-7-19)9-11-24(31)27(29)12-14-30(15-13-27)26(33)20-8-10-23(34-2)21(28)18-20;1-22(2)15-28-23(19-9-10-20(31(19)22)24(25,26)27)11-13-30(14-12-23)21(32)16-3-7-18(8-4-16)35(33,34)29-17-5-6-17;1-31-10-11-33-18(23(28,29)30)12-17(24)19(33)21(31)6-8-32(9-7-21)20(34)16-4-2-15(3-5-16)13-35-14-22(25,26)27;;/h3-11,18H,12-17H2,1-2H3;3-4,7-10,17,28-29H,5-6,11-15H2,1-2H3;2-5,12H,6-11,13-14H2,1H3;2*1H. The van der Waals surface area contributed by atoms with Crippen molar-refractivity contribution in [1.29, 1.82) is 0 Å². The number of methoxy groups -OCH3 is 1. The van der Waals surface area contributed by atoms with Crippen molar-refractivity contribution in [3.8, 4) is 5.75 Å². The molecule has 562 valence electrons. The van der Waals surface area contributed by atoms with E-state index in [-0.39, 0.29) is 61.0 Å². The Balaban J connectivity index is 0.000000169. The van der Waals surface area contributed by atoms with Crippen LogP contribution in [0.5, 0.6) is 5.75 Å². The van der Waals surface area contributed by atoms with Crippen molar-refractivity contribution in [3.63, 3.8) is 0 Å². The van der Waals surface area contributed by atoms with E-state index in [1.165, 1.54) is 63.4 Å². The molecular weight excluding hydrogens is 1430 g/mol. The molecule has 18 nitrogen and oxygen atoms in total. The monoisotopic (exact) mass is 1510 g/mol. The van der Waals surface area contributed by atoms with Gasteiger partial charge in [-0.3, -0.25) is 29.0 Å². The van der Waals surface area contributed by atoms with Gasteiger partial charge in [-0.25, -0.2) is 13.1 Å². The number of rotatable bonds is 12. The van der Waals surface area contributed by atoms with Crippen LogP contribution < -0.4 is 14.8 Å². The first-order valence-corrected chi connectivity index (χ1v) is 36.6. The molecule has 0 unspecified atom stereocenters. The van der Waals surface area contributed by atoms with Gasteiger partial charge in [-0.1, -0.05) is 65.7 Å². The van der Waals surface area contributed by atoms with Crippen LogP contribution >= 0.6 is 23.2 Å². The largest absolute Gasteiger partial charge is 0.495 e. The first-order chi connectivity index (χ1) is 49.1. The lowest BCUT2D eigenvalue weighted by molar-refractivity contribution is -0.176. The number of sulfonamides is 1. The Morgan fingerprint density at radius 1 is 0.577 bits per heavy atom. The predicted octanol–water partition coefficient (Wildman–Crippen LogP) is 13.7. The molecule has 3 aromatic heterocycles. The normalized spacial score (nSPS) is 19.3. The van der Waals surface area contributed by atoms with Crippen molar-refractivity contribution < 1.29 is 79.4 Å². The molecule has 4 aromatic carbocycles. The Bertz CT molecular complexity index is 4450. The van der Waals surface area contributed by atoms with Crippen LogP contribution in [0.2, 0.25) is 10.0 Å². The summed E-state index contributed by atoms with van der Waals surface area (Å²) in [5.41, 5.74) is 1.78. The molecule has 7 aliphatic rings. The predicted molar refractivity (Wildman–Crippen MR) is 375 cm³/mol. The number of fused-ring (bicyclic) bond motifs is 6. The van der Waals surface area contributed by atoms with E-state index >= 15 is 0 Å². The zero-order valence-corrected chi connectivity index (χ0v) is 60.3. The molecule has 2 N–H and O–H groups in total. The van der Waals surface area contributed by atoms with E-state index in [2.05, 4.69) is 37.4 Å². The molecule has 9 heterocycles. The van der Waals surface area contributed by atoms with Crippen molar-refractivity contribution in [2.75, 3.05) is 86.7 Å². The number of piperidine rings is 3. The number of likely N-dealkylation sites (tertiary alicyclic amines) is 3. The molecule has 6 aliphatic heterocycles. The molecule has 0 bridgehead atoms. The van der Waals surface area contributed by atoms with Gasteiger partial charge in [0, 0.05) is 115 Å². The second-order valence-electron chi connectivity index (χ2n) is 28.4. The molecule has 4 fully saturated rings. The number of halogens is 11. The second-order valence-corrected chi connectivity index (χ2v) is 30.9. The molecule has 14 rings (SSSR count). The topological polar surface area (TPSA) is 176 Å². The number of benzene rings is 4. The van der Waals surface area contributed by atoms with Crippen LogP contribution in [-0.2, 0) is 69.0 Å². The molecular formula is C74H85Cl2F9N10O8S. The number of nitrogens with zero attached hydrogens (tertiary/aromatic N) is 8. The number of hydrogen-bond donors (Lipinski definition) is 2. The summed E-state index contributed by atoms with van der Waals surface area (Å²) in [4.78, 5) is 62.2. The summed E-state index contributed by atoms with van der Waals surface area (Å²) in [6.45, 7) is 7.29. The van der Waals surface area contributed by atoms with Crippen LogP contribution in [0.3, 0.4) is 0 Å². The molecule has 3 saturated heterocycles. The first kappa shape index (κ1) is 76.0. The van der Waals surface area contributed by atoms with Crippen LogP contribution in [0, 0.1) is 0 Å². The highest BCUT2D eigenvalue weighted by Gasteiger charge is 2.52. The Kier molecular flexibility index (Phi) is 21.3. The number of alkyl halides is 9. The smallest absolute Gasteiger partial charge is 0.431 e. The number of amides is 3. The summed E-state index contributed by atoms with van der Waals surface area (Å²) in [5, 5.41) is 4.00. The Hall–Kier alpha value is -7.70. The summed E-state index contributed by atoms with van der Waals surface area (Å²) in [7, 11) is 1.97. The van der Waals surface area contributed by atoms with Crippen molar-refractivity contribution in [2.45, 2.75) is 137 Å². The lowest BCUT2D eigenvalue weighted by Crippen LogP contribution is -2.61. The minimum Gasteiger partial charge on any atom is -0.495 e. The third-order valence-electron chi connectivity index (χ3n) is 21.5. The highest BCUT2D eigenvalue weighted by molar-refractivity contribution is 7.89. The molecule has 3 amide bonds. The maximum absolute atomic E-state index is 13.7. The fraction of sp³-hybridized carbons (Fsp3) is 0.459. The number of hydrogen-bond acceptors (Lipinski definition) is 11. The Morgan fingerprint density at radius 2 is 1.10 bits per heavy atom. The van der Waals surface area contributed by atoms with Crippen LogP contribution in [0.25, 0.3) is 0 Å². The van der Waals surface area contributed by atoms with Gasteiger partial charge in [0.2, 0.25) is 15.8 Å². The van der Waals surface area contributed by atoms with E-state index in [1.807, 2.05) is 53.2 Å². The molecule has 0 atom stereocenters. The third kappa shape index (κ3) is 15.3. The van der Waals surface area contributed by atoms with Gasteiger partial charge in [0.15, 0.2) is 0 Å². The van der Waals surface area contributed by atoms with E-state index in [0.29, 0.717) is 128 Å². The van der Waals surface area contributed by atoms with Gasteiger partial charge in [-0.15, -0.1) is 0 Å². The maximum atomic E-state index is 13.7. The van der Waals surface area contributed by atoms with Crippen LogP contribution in [0.1, 0.15) is 149 Å². The summed E-state index contributed by atoms with van der Waals surface area (Å²) in [5.74, 6) is 0.116. The van der Waals surface area contributed by atoms with Gasteiger partial charge in [0.1, 0.15) is 23.7 Å². The lowest BCUT2D eigenvalue weighted by Gasteiger charge is -2.50. The average molecular weight is 1520 g/mol. The van der Waals surface area contributed by atoms with E-state index in [1.54, 1.807) is 55.0 Å². The van der Waals surface area contributed by atoms with E-state index in [0.717, 1.165) is 56.6 Å². The fourth-order valence-electron chi connectivity index (χ4n) is 15.6. The van der Waals surface area contributed by atoms with Gasteiger partial charge in [0.25, 0.3) is 17.7 Å². The van der Waals surface area contributed by atoms with E-state index in [4.69, 9.17) is 27.9 Å². The average Bonchev–Trinajstić information content (AvgIpc) is 1.55. The van der Waals surface area contributed by atoms with Gasteiger partial charge in [0.05, 0.1) is 62.2 Å². The van der Waals surface area contributed by atoms with Gasteiger partial charge < -0.3 is 43.2 Å². The first-order valence-electron chi connectivity index (χ1n) is 34.4. The van der Waals surface area contributed by atoms with Crippen LogP contribution in [-0.4, -0.2) is 169 Å². The SMILES string of the molecule is CC1(C)CNC2(CCN(C(=O)c3ccc(S(=O)(=O)NC4CC4)cc3)CC2)c2ccc(C(F)(F)F)n21.CN1CCn2c(C(F)(F)F)cc(Cl)c2C12CCN(C(=O)c1ccc(COCC(F)(F)F)cc1)CC2.COc1ccc(C(=O)N2CCC3(CC2)c2ccc(C(=O)c4ccccc4)n2CCN3C)cc1Cl.[HH].[HH]. The van der Waals surface area contributed by atoms with Gasteiger partial charge in [-0.2, -0.15) is 39.5 Å². The van der Waals surface area contributed by atoms with Crippen molar-refractivity contribution in [2.24, 2.45) is 0 Å². The van der Waals surface area contributed by atoms with Crippen molar-refractivity contribution in [1.82, 2.24) is 48.2 Å². The Labute approximate surface area is 609 Å². The number of ether oxygens (including phenoxy) is 2. The molecule has 104 heavy (non-hydrogen) atoms. The molecule has 0 radical (unpaired) electrons. The second kappa shape index (κ2) is 29.2. The molecule has 30 heteroatoms.